The van der Waals surface area contributed by atoms with E-state index in [9.17, 15) is 4.79 Å². The molecular weight excluding hydrogens is 132 g/mol. The van der Waals surface area contributed by atoms with E-state index < -0.39 is 0 Å². The van der Waals surface area contributed by atoms with Gasteiger partial charge in [0.2, 0.25) is 12.2 Å². The molecule has 0 spiro atoms. The predicted octanol–water partition coefficient (Wildman–Crippen LogP) is -1.20. The number of aromatic nitrogens is 3. The summed E-state index contributed by atoms with van der Waals surface area (Å²) in [4.78, 5) is 10.5. The van der Waals surface area contributed by atoms with Crippen molar-refractivity contribution in [3.8, 4) is 0 Å². The molecule has 0 aromatic carbocycles. The Balaban J connectivity index is 2.67. The van der Waals surface area contributed by atoms with Crippen molar-refractivity contribution in [2.45, 2.75) is 6.92 Å². The molecule has 1 N–H and O–H groups in total. The van der Waals surface area contributed by atoms with Gasteiger partial charge in [-0.05, 0) is 0 Å². The molecule has 0 unspecified atom stereocenters. The van der Waals surface area contributed by atoms with Gasteiger partial charge in [0.05, 0.1) is 7.05 Å². The molecule has 1 heterocycles. The quantitative estimate of drug-likeness (QED) is 0.499. The van der Waals surface area contributed by atoms with Crippen molar-refractivity contribution >= 4 is 5.91 Å². The summed E-state index contributed by atoms with van der Waals surface area (Å²) in [6, 6.07) is 0. The maximum absolute atomic E-state index is 10.5. The van der Waals surface area contributed by atoms with E-state index in [-0.39, 0.29) is 5.91 Å². The van der Waals surface area contributed by atoms with Gasteiger partial charge in [-0.2, -0.15) is 0 Å². The molecule has 1 aromatic heterocycles. The van der Waals surface area contributed by atoms with Crippen LogP contribution in [0.3, 0.4) is 0 Å². The molecule has 5 heteroatoms. The van der Waals surface area contributed by atoms with Crippen molar-refractivity contribution in [1.82, 2.24) is 9.78 Å². The van der Waals surface area contributed by atoms with E-state index >= 15 is 0 Å². The van der Waals surface area contributed by atoms with Crippen LogP contribution in [0.25, 0.3) is 0 Å². The van der Waals surface area contributed by atoms with Crippen LogP contribution in [-0.2, 0) is 11.8 Å². The molecule has 0 aliphatic carbocycles. The van der Waals surface area contributed by atoms with Crippen molar-refractivity contribution in [3.05, 3.63) is 12.7 Å². The second-order valence-corrected chi connectivity index (χ2v) is 2.00. The van der Waals surface area contributed by atoms with Gasteiger partial charge in [-0.25, -0.2) is 5.43 Å². The summed E-state index contributed by atoms with van der Waals surface area (Å²) in [5.74, 6) is -0.113. The number of aryl methyl sites for hydroxylation is 1. The van der Waals surface area contributed by atoms with E-state index in [4.69, 9.17) is 0 Å². The number of hydrogen-bond donors (Lipinski definition) is 1. The van der Waals surface area contributed by atoms with Gasteiger partial charge in [0, 0.05) is 12.0 Å². The fraction of sp³-hybridized carbons (Fsp3) is 0.400. The Morgan fingerprint density at radius 2 is 2.50 bits per heavy atom. The number of amides is 1. The zero-order valence-electron chi connectivity index (χ0n) is 5.90. The lowest BCUT2D eigenvalue weighted by molar-refractivity contribution is -0.642. The number of nitrogens with zero attached hydrogens (tertiary/aromatic N) is 3. The molecule has 1 aromatic rings. The van der Waals surface area contributed by atoms with E-state index in [0.717, 1.165) is 0 Å². The molecule has 5 nitrogen and oxygen atoms in total. The van der Waals surface area contributed by atoms with Crippen LogP contribution in [-0.4, -0.2) is 15.7 Å². The number of hydrogen-bond acceptors (Lipinski definition) is 2. The largest absolute Gasteiger partial charge is 0.287 e. The molecule has 0 radical (unpaired) electrons. The molecule has 0 saturated heterocycles. The Bertz CT molecular complexity index is 242. The zero-order chi connectivity index (χ0) is 7.56. The van der Waals surface area contributed by atoms with Crippen molar-refractivity contribution < 1.29 is 9.47 Å². The Morgan fingerprint density at radius 3 is 2.90 bits per heavy atom. The Labute approximate surface area is 58.2 Å². The molecule has 0 fully saturated rings. The van der Waals surface area contributed by atoms with Gasteiger partial charge in [0.25, 0.3) is 6.33 Å². The smallest absolute Gasteiger partial charge is 0.272 e. The number of carbonyl (C=O) groups is 1. The van der Waals surface area contributed by atoms with E-state index in [2.05, 4.69) is 10.5 Å². The van der Waals surface area contributed by atoms with Gasteiger partial charge >= 0.3 is 0 Å². The minimum atomic E-state index is -0.113. The molecule has 0 aliphatic rings. The first kappa shape index (κ1) is 6.73. The maximum Gasteiger partial charge on any atom is 0.287 e. The SMILES string of the molecule is CC(=O)N[n+]1cnn(C)c1. The fourth-order valence-electron chi connectivity index (χ4n) is 0.616. The predicted molar refractivity (Wildman–Crippen MR) is 33.4 cm³/mol. The number of carbonyl (C=O) groups excluding carboxylic acids is 1. The third-order valence-electron chi connectivity index (χ3n) is 0.936. The molecule has 1 amide bonds. The van der Waals surface area contributed by atoms with Gasteiger partial charge in [0.1, 0.15) is 0 Å². The summed E-state index contributed by atoms with van der Waals surface area (Å²) in [5.41, 5.74) is 2.52. The van der Waals surface area contributed by atoms with E-state index in [1.807, 2.05) is 0 Å². The first-order valence-electron chi connectivity index (χ1n) is 2.86. The van der Waals surface area contributed by atoms with Crippen molar-refractivity contribution in [1.29, 1.82) is 0 Å². The molecule has 0 atom stereocenters. The summed E-state index contributed by atoms with van der Waals surface area (Å²) in [6.07, 6.45) is 3.17. The molecule has 54 valence electrons. The van der Waals surface area contributed by atoms with Crippen LogP contribution >= 0.6 is 0 Å². The van der Waals surface area contributed by atoms with Crippen molar-refractivity contribution in [3.63, 3.8) is 0 Å². The van der Waals surface area contributed by atoms with Gasteiger partial charge in [-0.1, -0.05) is 0 Å². The molecule has 10 heavy (non-hydrogen) atoms. The van der Waals surface area contributed by atoms with E-state index in [1.54, 1.807) is 18.1 Å². The fourth-order valence-corrected chi connectivity index (χ4v) is 0.616. The lowest BCUT2D eigenvalue weighted by Crippen LogP contribution is -2.45. The van der Waals surface area contributed by atoms with Gasteiger partial charge in [0.15, 0.2) is 0 Å². The second kappa shape index (κ2) is 2.47. The van der Waals surface area contributed by atoms with Crippen molar-refractivity contribution in [2.75, 3.05) is 5.43 Å². The normalized spacial score (nSPS) is 9.40. The monoisotopic (exact) mass is 141 g/mol. The second-order valence-electron chi connectivity index (χ2n) is 2.00. The minimum Gasteiger partial charge on any atom is -0.272 e. The average Bonchev–Trinajstić information content (AvgIpc) is 2.13. The van der Waals surface area contributed by atoms with E-state index in [1.165, 1.54) is 17.9 Å². The topological polar surface area (TPSA) is 50.8 Å². The van der Waals surface area contributed by atoms with E-state index in [0.29, 0.717) is 0 Å². The summed E-state index contributed by atoms with van der Waals surface area (Å²) in [6.45, 7) is 1.44. The standard InChI is InChI=1S/C5H8N4O/c1-5(10)7-9-3-6-8(2)4-9/h3-4H,1-2H3/p+1. The van der Waals surface area contributed by atoms with Gasteiger partial charge < -0.3 is 0 Å². The Hall–Kier alpha value is -1.39. The Kier molecular flexibility index (Phi) is 1.66. The van der Waals surface area contributed by atoms with Crippen LogP contribution in [0.15, 0.2) is 12.7 Å². The first-order chi connectivity index (χ1) is 4.68. The van der Waals surface area contributed by atoms with Gasteiger partial charge in [-0.15, -0.1) is 9.36 Å². The molecule has 0 aliphatic heterocycles. The lowest BCUT2D eigenvalue weighted by atomic mass is 10.8. The molecule has 0 saturated carbocycles. The van der Waals surface area contributed by atoms with Crippen LogP contribution < -0.4 is 10.1 Å². The third kappa shape index (κ3) is 1.54. The van der Waals surface area contributed by atoms with Crippen LogP contribution in [0.1, 0.15) is 6.92 Å². The highest BCUT2D eigenvalue weighted by molar-refractivity contribution is 5.78. The average molecular weight is 141 g/mol. The summed E-state index contributed by atoms with van der Waals surface area (Å²) < 4.78 is 3.08. The highest BCUT2D eigenvalue weighted by atomic mass is 16.2. The maximum atomic E-state index is 10.5. The van der Waals surface area contributed by atoms with Crippen LogP contribution in [0.5, 0.6) is 0 Å². The summed E-state index contributed by atoms with van der Waals surface area (Å²) in [7, 11) is 1.78. The number of rotatable bonds is 1. The van der Waals surface area contributed by atoms with Crippen LogP contribution in [0.2, 0.25) is 0 Å². The number of nitrogens with one attached hydrogen (secondary N) is 1. The summed E-state index contributed by atoms with van der Waals surface area (Å²) in [5, 5.41) is 3.83. The lowest BCUT2D eigenvalue weighted by Gasteiger charge is -1.91. The highest BCUT2D eigenvalue weighted by Crippen LogP contribution is 1.66. The van der Waals surface area contributed by atoms with Crippen molar-refractivity contribution in [2.24, 2.45) is 7.05 Å². The van der Waals surface area contributed by atoms with Crippen LogP contribution in [0, 0.1) is 0 Å². The van der Waals surface area contributed by atoms with Gasteiger partial charge in [-0.3, -0.25) is 4.79 Å². The Morgan fingerprint density at radius 1 is 1.80 bits per heavy atom. The third-order valence-corrected chi connectivity index (χ3v) is 0.936. The summed E-state index contributed by atoms with van der Waals surface area (Å²) >= 11 is 0. The highest BCUT2D eigenvalue weighted by Gasteiger charge is 2.00. The molecule has 1 rings (SSSR count). The first-order valence-corrected chi connectivity index (χ1v) is 2.86. The molecule has 0 bridgehead atoms. The zero-order valence-corrected chi connectivity index (χ0v) is 5.90. The molecular formula is C5H9N4O+. The minimum absolute atomic E-state index is 0.113. The van der Waals surface area contributed by atoms with Crippen LogP contribution in [0.4, 0.5) is 0 Å².